The minimum Gasteiger partial charge on any atom is -0.497 e. The molecule has 5 aromatic rings. The maximum Gasteiger partial charge on any atom is 0.252 e. The van der Waals surface area contributed by atoms with Gasteiger partial charge in [0.15, 0.2) is 17.3 Å². The highest BCUT2D eigenvalue weighted by atomic mass is 16.7. The Morgan fingerprint density at radius 3 is 2.67 bits per heavy atom. The molecule has 4 heterocycles. The Kier molecular flexibility index (Phi) is 6.72. The average molecular weight is 529 g/mol. The average Bonchev–Trinajstić information content (AvgIpc) is 3.72. The molecule has 1 N–H and O–H groups in total. The fourth-order valence-electron chi connectivity index (χ4n) is 4.93. The van der Waals surface area contributed by atoms with Crippen LogP contribution in [0.25, 0.3) is 10.9 Å². The molecule has 1 unspecified atom stereocenters. The summed E-state index contributed by atoms with van der Waals surface area (Å²) in [4.78, 5) is 18.4. The molecule has 200 valence electrons. The molecule has 0 saturated carbocycles. The molecule has 6 rings (SSSR count). The Morgan fingerprint density at radius 1 is 1.10 bits per heavy atom. The minimum absolute atomic E-state index is 0.168. The van der Waals surface area contributed by atoms with E-state index >= 15 is 0 Å². The summed E-state index contributed by atoms with van der Waals surface area (Å²) in [5, 5.41) is 13.5. The van der Waals surface area contributed by atoms with Crippen molar-refractivity contribution >= 4 is 10.9 Å². The SMILES string of the molecule is CCC(c1nnnn1Cc1ccc(OC)cc1)N(Cc1ccco1)Cc1cc2cc3c(cc2[nH]c1=O)OCO3. The van der Waals surface area contributed by atoms with E-state index in [0.717, 1.165) is 22.5 Å². The third kappa shape index (κ3) is 5.08. The number of hydrogen-bond donors (Lipinski definition) is 1. The van der Waals surface area contributed by atoms with E-state index in [4.69, 9.17) is 18.6 Å². The first-order valence-corrected chi connectivity index (χ1v) is 12.7. The zero-order chi connectivity index (χ0) is 26.8. The summed E-state index contributed by atoms with van der Waals surface area (Å²) >= 11 is 0. The number of pyridine rings is 1. The van der Waals surface area contributed by atoms with E-state index in [0.29, 0.717) is 54.5 Å². The van der Waals surface area contributed by atoms with Crippen LogP contribution in [0.15, 0.2) is 70.1 Å². The monoisotopic (exact) mass is 528 g/mol. The number of methoxy groups -OCH3 is 1. The Bertz CT molecular complexity index is 1630. The van der Waals surface area contributed by atoms with Crippen LogP contribution in [0.2, 0.25) is 0 Å². The molecule has 0 bridgehead atoms. The number of furan rings is 1. The van der Waals surface area contributed by atoms with Gasteiger partial charge >= 0.3 is 0 Å². The molecule has 1 atom stereocenters. The topological polar surface area (TPSA) is 121 Å². The number of ether oxygens (including phenoxy) is 3. The number of benzene rings is 2. The second-order valence-electron chi connectivity index (χ2n) is 9.37. The molecular weight excluding hydrogens is 500 g/mol. The van der Waals surface area contributed by atoms with Gasteiger partial charge in [0.2, 0.25) is 6.79 Å². The van der Waals surface area contributed by atoms with Gasteiger partial charge in [-0.2, -0.15) is 0 Å². The lowest BCUT2D eigenvalue weighted by atomic mass is 10.1. The van der Waals surface area contributed by atoms with Crippen molar-refractivity contribution in [3.63, 3.8) is 0 Å². The van der Waals surface area contributed by atoms with Crippen LogP contribution in [-0.2, 0) is 19.6 Å². The summed E-state index contributed by atoms with van der Waals surface area (Å²) < 4.78 is 23.8. The molecular formula is C28H28N6O5. The van der Waals surface area contributed by atoms with Crippen LogP contribution in [0.3, 0.4) is 0 Å². The van der Waals surface area contributed by atoms with Crippen molar-refractivity contribution in [1.82, 2.24) is 30.1 Å². The maximum absolute atomic E-state index is 13.2. The van der Waals surface area contributed by atoms with Gasteiger partial charge < -0.3 is 23.6 Å². The fraction of sp³-hybridized carbons (Fsp3) is 0.286. The van der Waals surface area contributed by atoms with Gasteiger partial charge in [-0.05, 0) is 58.8 Å². The Balaban J connectivity index is 1.33. The zero-order valence-electron chi connectivity index (χ0n) is 21.7. The lowest BCUT2D eigenvalue weighted by Gasteiger charge is -2.29. The highest BCUT2D eigenvalue weighted by Crippen LogP contribution is 2.35. The van der Waals surface area contributed by atoms with Crippen LogP contribution in [0.4, 0.5) is 0 Å². The molecule has 0 aliphatic carbocycles. The van der Waals surface area contributed by atoms with Crippen LogP contribution >= 0.6 is 0 Å². The molecule has 1 aliphatic rings. The van der Waals surface area contributed by atoms with Gasteiger partial charge in [-0.25, -0.2) is 4.68 Å². The largest absolute Gasteiger partial charge is 0.497 e. The van der Waals surface area contributed by atoms with Crippen molar-refractivity contribution in [3.8, 4) is 17.2 Å². The number of tetrazole rings is 1. The van der Waals surface area contributed by atoms with E-state index in [9.17, 15) is 4.79 Å². The smallest absolute Gasteiger partial charge is 0.252 e. The molecule has 11 heteroatoms. The van der Waals surface area contributed by atoms with Gasteiger partial charge in [-0.3, -0.25) is 9.69 Å². The van der Waals surface area contributed by atoms with E-state index in [2.05, 4.69) is 32.3 Å². The molecule has 1 aliphatic heterocycles. The van der Waals surface area contributed by atoms with Crippen molar-refractivity contribution in [2.75, 3.05) is 13.9 Å². The first kappa shape index (κ1) is 24.7. The van der Waals surface area contributed by atoms with Gasteiger partial charge in [0.25, 0.3) is 5.56 Å². The van der Waals surface area contributed by atoms with E-state index in [1.807, 2.05) is 48.5 Å². The first-order chi connectivity index (χ1) is 19.1. The molecule has 0 fully saturated rings. The molecule has 0 spiro atoms. The van der Waals surface area contributed by atoms with Gasteiger partial charge in [-0.1, -0.05) is 19.1 Å². The highest BCUT2D eigenvalue weighted by Gasteiger charge is 2.27. The molecule has 2 aromatic carbocycles. The Hall–Kier alpha value is -4.64. The van der Waals surface area contributed by atoms with Crippen molar-refractivity contribution in [1.29, 1.82) is 0 Å². The number of hydrogen-bond acceptors (Lipinski definition) is 9. The van der Waals surface area contributed by atoms with Gasteiger partial charge in [0.1, 0.15) is 11.5 Å². The van der Waals surface area contributed by atoms with E-state index in [1.54, 1.807) is 24.1 Å². The van der Waals surface area contributed by atoms with Crippen molar-refractivity contribution in [3.05, 3.63) is 93.9 Å². The normalized spacial score (nSPS) is 13.3. The van der Waals surface area contributed by atoms with E-state index in [-0.39, 0.29) is 18.4 Å². The summed E-state index contributed by atoms with van der Waals surface area (Å²) in [5.74, 6) is 3.57. The number of nitrogens with one attached hydrogen (secondary N) is 1. The molecule has 0 saturated heterocycles. The predicted octanol–water partition coefficient (Wildman–Crippen LogP) is 4.05. The van der Waals surface area contributed by atoms with E-state index in [1.165, 1.54) is 0 Å². The summed E-state index contributed by atoms with van der Waals surface area (Å²) in [5.41, 5.74) is 2.18. The number of aromatic amines is 1. The van der Waals surface area contributed by atoms with Crippen LogP contribution in [0.1, 0.15) is 42.1 Å². The summed E-state index contributed by atoms with van der Waals surface area (Å²) in [6.07, 6.45) is 2.36. The minimum atomic E-state index is -0.185. The number of H-pyrrole nitrogens is 1. The number of nitrogens with zero attached hydrogens (tertiary/aromatic N) is 5. The molecule has 0 radical (unpaired) electrons. The standard InChI is InChI=1S/C28H28N6O5/c1-3-24(27-30-31-32-34(27)14-18-6-8-21(36-2)9-7-18)33(16-22-5-4-10-37-22)15-20-11-19-12-25-26(39-17-38-25)13-23(19)29-28(20)35/h4-13,24H,3,14-17H2,1-2H3,(H,29,35). The third-order valence-corrected chi connectivity index (χ3v) is 6.90. The van der Waals surface area contributed by atoms with Crippen molar-refractivity contribution in [2.24, 2.45) is 0 Å². The van der Waals surface area contributed by atoms with Crippen molar-refractivity contribution < 1.29 is 18.6 Å². The molecule has 3 aromatic heterocycles. The zero-order valence-corrected chi connectivity index (χ0v) is 21.7. The lowest BCUT2D eigenvalue weighted by Crippen LogP contribution is -2.32. The van der Waals surface area contributed by atoms with Gasteiger partial charge in [0.05, 0.1) is 38.0 Å². The fourth-order valence-corrected chi connectivity index (χ4v) is 4.93. The summed E-state index contributed by atoms with van der Waals surface area (Å²) in [6, 6.07) is 17.0. The predicted molar refractivity (Wildman–Crippen MR) is 142 cm³/mol. The highest BCUT2D eigenvalue weighted by molar-refractivity contribution is 5.83. The molecule has 11 nitrogen and oxygen atoms in total. The number of aromatic nitrogens is 5. The second-order valence-corrected chi connectivity index (χ2v) is 9.37. The van der Waals surface area contributed by atoms with Gasteiger partial charge in [-0.15, -0.1) is 5.10 Å². The lowest BCUT2D eigenvalue weighted by molar-refractivity contribution is 0.149. The first-order valence-electron chi connectivity index (χ1n) is 12.7. The Labute approximate surface area is 223 Å². The summed E-state index contributed by atoms with van der Waals surface area (Å²) in [6.45, 7) is 3.58. The number of rotatable bonds is 10. The number of fused-ring (bicyclic) bond motifs is 2. The molecule has 0 amide bonds. The van der Waals surface area contributed by atoms with Crippen LogP contribution in [0, 0.1) is 0 Å². The van der Waals surface area contributed by atoms with Crippen LogP contribution < -0.4 is 19.8 Å². The molecule has 39 heavy (non-hydrogen) atoms. The Morgan fingerprint density at radius 2 is 1.92 bits per heavy atom. The second kappa shape index (κ2) is 10.6. The van der Waals surface area contributed by atoms with Crippen LogP contribution in [0.5, 0.6) is 17.2 Å². The van der Waals surface area contributed by atoms with Gasteiger partial charge in [0, 0.05) is 23.6 Å². The van der Waals surface area contributed by atoms with Crippen LogP contribution in [-0.4, -0.2) is 44.0 Å². The van der Waals surface area contributed by atoms with E-state index < -0.39 is 0 Å². The summed E-state index contributed by atoms with van der Waals surface area (Å²) in [7, 11) is 1.64. The maximum atomic E-state index is 13.2. The third-order valence-electron chi connectivity index (χ3n) is 6.90. The quantitative estimate of drug-likeness (QED) is 0.286. The van der Waals surface area contributed by atoms with Crippen molar-refractivity contribution in [2.45, 2.75) is 39.0 Å².